The van der Waals surface area contributed by atoms with Crippen LogP contribution < -0.4 is 10.1 Å². The molecule has 0 spiro atoms. The molecule has 4 rings (SSSR count). The molecule has 3 nitrogen and oxygen atoms in total. The van der Waals surface area contributed by atoms with Gasteiger partial charge in [-0.2, -0.15) is 0 Å². The summed E-state index contributed by atoms with van der Waals surface area (Å²) in [5.41, 5.74) is 1.49. The summed E-state index contributed by atoms with van der Waals surface area (Å²) in [5, 5.41) is 3.52. The van der Waals surface area contributed by atoms with Gasteiger partial charge in [0.05, 0.1) is 0 Å². The summed E-state index contributed by atoms with van der Waals surface area (Å²) in [7, 11) is 0. The van der Waals surface area contributed by atoms with Crippen molar-refractivity contribution in [1.82, 2.24) is 10.2 Å². The Labute approximate surface area is 153 Å². The van der Waals surface area contributed by atoms with E-state index in [0.717, 1.165) is 24.8 Å². The van der Waals surface area contributed by atoms with E-state index in [4.69, 9.17) is 4.74 Å². The number of nitrogens with one attached hydrogen (secondary N) is 1. The highest BCUT2D eigenvalue weighted by molar-refractivity contribution is 5.30. The Kier molecular flexibility index (Phi) is 5.62. The minimum atomic E-state index is 0.344. The van der Waals surface area contributed by atoms with Crippen LogP contribution in [0.15, 0.2) is 24.3 Å². The average Bonchev–Trinajstić information content (AvgIpc) is 3.11. The molecule has 1 aromatic carbocycles. The lowest BCUT2D eigenvalue weighted by Crippen LogP contribution is -2.39. The fraction of sp³-hybridized carbons (Fsp3) is 0.727. The molecule has 3 aliphatic rings. The topological polar surface area (TPSA) is 24.5 Å². The highest BCUT2D eigenvalue weighted by atomic mass is 16.5. The van der Waals surface area contributed by atoms with E-state index in [1.807, 2.05) is 0 Å². The van der Waals surface area contributed by atoms with E-state index in [1.165, 1.54) is 63.6 Å². The number of rotatable bonds is 5. The molecule has 3 saturated heterocycles. The highest BCUT2D eigenvalue weighted by Crippen LogP contribution is 2.40. The predicted molar refractivity (Wildman–Crippen MR) is 103 cm³/mol. The van der Waals surface area contributed by atoms with Crippen molar-refractivity contribution in [3.63, 3.8) is 0 Å². The van der Waals surface area contributed by atoms with Crippen LogP contribution in [0.3, 0.4) is 0 Å². The fourth-order valence-electron chi connectivity index (χ4n) is 5.27. The number of ether oxygens (including phenoxy) is 1. The number of piperidine rings is 2. The molecule has 0 aliphatic carbocycles. The molecule has 3 aliphatic heterocycles. The summed E-state index contributed by atoms with van der Waals surface area (Å²) in [6.07, 6.45) is 10.9. The van der Waals surface area contributed by atoms with Crippen molar-refractivity contribution in [2.45, 2.75) is 76.5 Å². The van der Waals surface area contributed by atoms with Gasteiger partial charge in [0.25, 0.3) is 0 Å². The third-order valence-corrected chi connectivity index (χ3v) is 6.66. The van der Waals surface area contributed by atoms with Gasteiger partial charge < -0.3 is 10.1 Å². The molecule has 3 heterocycles. The van der Waals surface area contributed by atoms with E-state index in [-0.39, 0.29) is 0 Å². The van der Waals surface area contributed by atoms with Crippen LogP contribution >= 0.6 is 0 Å². The summed E-state index contributed by atoms with van der Waals surface area (Å²) in [4.78, 5) is 2.77. The van der Waals surface area contributed by atoms with Gasteiger partial charge in [-0.25, -0.2) is 0 Å². The fourth-order valence-corrected chi connectivity index (χ4v) is 5.27. The first kappa shape index (κ1) is 17.4. The van der Waals surface area contributed by atoms with Gasteiger partial charge in [-0.3, -0.25) is 4.90 Å². The van der Waals surface area contributed by atoms with Crippen LogP contribution in [0.25, 0.3) is 0 Å². The average molecular weight is 343 g/mol. The molecule has 3 fully saturated rings. The maximum Gasteiger partial charge on any atom is 0.119 e. The first-order valence-corrected chi connectivity index (χ1v) is 10.6. The zero-order chi connectivity index (χ0) is 17.1. The van der Waals surface area contributed by atoms with Gasteiger partial charge in [-0.15, -0.1) is 0 Å². The van der Waals surface area contributed by atoms with E-state index in [2.05, 4.69) is 41.4 Å². The van der Waals surface area contributed by atoms with Crippen LogP contribution in [-0.2, 0) is 0 Å². The number of hydrogen-bond donors (Lipinski definition) is 1. The molecule has 0 amide bonds. The molecule has 1 N–H and O–H groups in total. The Morgan fingerprint density at radius 3 is 2.72 bits per heavy atom. The molecule has 4 unspecified atom stereocenters. The summed E-state index contributed by atoms with van der Waals surface area (Å²) >= 11 is 0. The van der Waals surface area contributed by atoms with Crippen molar-refractivity contribution in [2.24, 2.45) is 5.92 Å². The molecular weight excluding hydrogens is 308 g/mol. The molecular formula is C22H34N2O. The molecule has 0 saturated carbocycles. The first-order valence-electron chi connectivity index (χ1n) is 10.6. The van der Waals surface area contributed by atoms with Gasteiger partial charge >= 0.3 is 0 Å². The van der Waals surface area contributed by atoms with Gasteiger partial charge in [-0.05, 0) is 75.7 Å². The van der Waals surface area contributed by atoms with Crippen molar-refractivity contribution < 1.29 is 4.74 Å². The van der Waals surface area contributed by atoms with Gasteiger partial charge in [-0.1, -0.05) is 25.5 Å². The van der Waals surface area contributed by atoms with Crippen LogP contribution in [0.1, 0.15) is 69.9 Å². The third kappa shape index (κ3) is 3.88. The minimum Gasteiger partial charge on any atom is -0.490 e. The van der Waals surface area contributed by atoms with Crippen LogP contribution in [0.2, 0.25) is 0 Å². The molecule has 4 atom stereocenters. The predicted octanol–water partition coefficient (Wildman–Crippen LogP) is 4.53. The summed E-state index contributed by atoms with van der Waals surface area (Å²) in [5.74, 6) is 1.71. The highest BCUT2D eigenvalue weighted by Gasteiger charge is 2.35. The minimum absolute atomic E-state index is 0.344. The van der Waals surface area contributed by atoms with E-state index < -0.39 is 0 Å². The molecule has 0 bridgehead atoms. The lowest BCUT2D eigenvalue weighted by Gasteiger charge is -2.34. The van der Waals surface area contributed by atoms with Gasteiger partial charge in [0.15, 0.2) is 0 Å². The second-order valence-corrected chi connectivity index (χ2v) is 8.22. The van der Waals surface area contributed by atoms with Crippen molar-refractivity contribution in [3.8, 4) is 5.75 Å². The SMILES string of the molecule is CCC(Oc1ccc(C2CCC3CCCCN32)cc1)C1CCCNC1. The summed E-state index contributed by atoms with van der Waals surface area (Å²) < 4.78 is 6.37. The molecule has 1 aromatic rings. The summed E-state index contributed by atoms with van der Waals surface area (Å²) in [6, 6.07) is 10.6. The van der Waals surface area contributed by atoms with Crippen LogP contribution in [0.4, 0.5) is 0 Å². The lowest BCUT2D eigenvalue weighted by molar-refractivity contribution is 0.111. The van der Waals surface area contributed by atoms with E-state index >= 15 is 0 Å². The molecule has 138 valence electrons. The maximum absolute atomic E-state index is 6.37. The normalized spacial score (nSPS) is 31.5. The quantitative estimate of drug-likeness (QED) is 0.850. The van der Waals surface area contributed by atoms with Crippen molar-refractivity contribution in [3.05, 3.63) is 29.8 Å². The largest absolute Gasteiger partial charge is 0.490 e. The van der Waals surface area contributed by atoms with Crippen molar-refractivity contribution in [1.29, 1.82) is 0 Å². The Hall–Kier alpha value is -1.06. The Balaban J connectivity index is 1.39. The van der Waals surface area contributed by atoms with Crippen LogP contribution in [0.5, 0.6) is 5.75 Å². The number of nitrogens with zero attached hydrogens (tertiary/aromatic N) is 1. The number of benzene rings is 1. The Morgan fingerprint density at radius 2 is 1.96 bits per heavy atom. The van der Waals surface area contributed by atoms with Gasteiger partial charge in [0.1, 0.15) is 11.9 Å². The third-order valence-electron chi connectivity index (χ3n) is 6.66. The van der Waals surface area contributed by atoms with E-state index in [0.29, 0.717) is 18.1 Å². The standard InChI is InChI=1S/C22H34N2O/c1-2-22(18-6-5-14-23-16-18)25-20-11-8-17(9-12-20)21-13-10-19-7-3-4-15-24(19)21/h8-9,11-12,18-19,21-23H,2-7,10,13-16H2,1H3. The molecule has 0 aromatic heterocycles. The van der Waals surface area contributed by atoms with Crippen molar-refractivity contribution >= 4 is 0 Å². The number of hydrogen-bond acceptors (Lipinski definition) is 3. The van der Waals surface area contributed by atoms with E-state index in [9.17, 15) is 0 Å². The second kappa shape index (κ2) is 8.09. The molecule has 3 heteroatoms. The zero-order valence-electron chi connectivity index (χ0n) is 15.8. The smallest absolute Gasteiger partial charge is 0.119 e. The Morgan fingerprint density at radius 1 is 1.08 bits per heavy atom. The van der Waals surface area contributed by atoms with Crippen molar-refractivity contribution in [2.75, 3.05) is 19.6 Å². The van der Waals surface area contributed by atoms with Gasteiger partial charge in [0, 0.05) is 24.5 Å². The summed E-state index contributed by atoms with van der Waals surface area (Å²) in [6.45, 7) is 5.82. The molecule has 0 radical (unpaired) electrons. The second-order valence-electron chi connectivity index (χ2n) is 8.22. The number of fused-ring (bicyclic) bond motifs is 1. The van der Waals surface area contributed by atoms with E-state index in [1.54, 1.807) is 0 Å². The van der Waals surface area contributed by atoms with Gasteiger partial charge in [0.2, 0.25) is 0 Å². The monoisotopic (exact) mass is 342 g/mol. The zero-order valence-corrected chi connectivity index (χ0v) is 15.8. The Bertz CT molecular complexity index is 537. The lowest BCUT2D eigenvalue weighted by atomic mass is 9.92. The maximum atomic E-state index is 6.37. The van der Waals surface area contributed by atoms with Crippen LogP contribution in [0, 0.1) is 5.92 Å². The van der Waals surface area contributed by atoms with Crippen LogP contribution in [-0.4, -0.2) is 36.7 Å². The first-order chi connectivity index (χ1) is 12.3. The molecule has 25 heavy (non-hydrogen) atoms.